The first-order valence-corrected chi connectivity index (χ1v) is 10.7. The lowest BCUT2D eigenvalue weighted by molar-refractivity contribution is 0.0940. The van der Waals surface area contributed by atoms with Gasteiger partial charge >= 0.3 is 0 Å². The molecule has 0 heterocycles. The molecule has 0 fully saturated rings. The maximum Gasteiger partial charge on any atom is 0.251 e. The number of anilines is 1. The SMILES string of the molecule is CCCN(c1cc(N=[N+]=[N-])cc(C(=O)N[C@H](C)c2ccc(F)cc2)c1)S(C)(=O)=O. The number of halogens is 1. The molecular weight excluding hydrogens is 397 g/mol. The summed E-state index contributed by atoms with van der Waals surface area (Å²) in [4.78, 5) is 15.5. The first-order chi connectivity index (χ1) is 13.7. The average molecular weight is 419 g/mol. The fourth-order valence-electron chi connectivity index (χ4n) is 2.78. The summed E-state index contributed by atoms with van der Waals surface area (Å²) in [5.74, 6) is -0.862. The van der Waals surface area contributed by atoms with Crippen molar-refractivity contribution in [1.82, 2.24) is 5.32 Å². The van der Waals surface area contributed by atoms with Crippen LogP contribution in [0.3, 0.4) is 0 Å². The van der Waals surface area contributed by atoms with E-state index in [1.807, 2.05) is 6.92 Å². The minimum atomic E-state index is -3.59. The average Bonchev–Trinajstić information content (AvgIpc) is 2.65. The zero-order chi connectivity index (χ0) is 21.6. The maximum absolute atomic E-state index is 13.1. The molecule has 0 aromatic heterocycles. The van der Waals surface area contributed by atoms with Gasteiger partial charge in [0.1, 0.15) is 5.82 Å². The molecule has 1 atom stereocenters. The summed E-state index contributed by atoms with van der Waals surface area (Å²) in [5, 5.41) is 6.29. The molecule has 0 spiro atoms. The van der Waals surface area contributed by atoms with Crippen LogP contribution in [0.1, 0.15) is 42.2 Å². The molecule has 0 aliphatic carbocycles. The third-order valence-electron chi connectivity index (χ3n) is 4.16. The van der Waals surface area contributed by atoms with Crippen LogP contribution in [0.15, 0.2) is 47.6 Å². The number of hydrogen-bond acceptors (Lipinski definition) is 4. The van der Waals surface area contributed by atoms with E-state index in [9.17, 15) is 17.6 Å². The molecule has 0 aliphatic heterocycles. The van der Waals surface area contributed by atoms with E-state index >= 15 is 0 Å². The Morgan fingerprint density at radius 1 is 1.28 bits per heavy atom. The van der Waals surface area contributed by atoms with E-state index in [1.165, 1.54) is 30.3 Å². The van der Waals surface area contributed by atoms with Crippen molar-refractivity contribution in [3.63, 3.8) is 0 Å². The summed E-state index contributed by atoms with van der Waals surface area (Å²) in [6.07, 6.45) is 1.63. The Hall–Kier alpha value is -3.10. The van der Waals surface area contributed by atoms with Crippen molar-refractivity contribution in [2.45, 2.75) is 26.3 Å². The summed E-state index contributed by atoms with van der Waals surface area (Å²) < 4.78 is 38.6. The van der Waals surface area contributed by atoms with E-state index in [0.717, 1.165) is 10.6 Å². The number of hydrogen-bond donors (Lipinski definition) is 1. The molecule has 1 N–H and O–H groups in total. The van der Waals surface area contributed by atoms with Crippen molar-refractivity contribution in [2.75, 3.05) is 17.1 Å². The molecule has 0 bridgehead atoms. The minimum Gasteiger partial charge on any atom is -0.346 e. The van der Waals surface area contributed by atoms with E-state index in [0.29, 0.717) is 12.0 Å². The molecule has 1 amide bonds. The van der Waals surface area contributed by atoms with Crippen LogP contribution in [0, 0.1) is 5.82 Å². The highest BCUT2D eigenvalue weighted by Gasteiger charge is 2.20. The molecule has 0 saturated heterocycles. The van der Waals surface area contributed by atoms with Gasteiger partial charge in [-0.25, -0.2) is 12.8 Å². The number of benzene rings is 2. The first kappa shape index (κ1) is 22.2. The van der Waals surface area contributed by atoms with E-state index in [4.69, 9.17) is 5.53 Å². The lowest BCUT2D eigenvalue weighted by atomic mass is 10.1. The smallest absolute Gasteiger partial charge is 0.251 e. The van der Waals surface area contributed by atoms with E-state index in [1.54, 1.807) is 19.1 Å². The summed E-state index contributed by atoms with van der Waals surface area (Å²) in [5.41, 5.74) is 9.95. The number of carbonyl (C=O) groups excluding carboxylic acids is 1. The number of sulfonamides is 1. The zero-order valence-corrected chi connectivity index (χ0v) is 17.1. The largest absolute Gasteiger partial charge is 0.346 e. The normalized spacial score (nSPS) is 12.0. The van der Waals surface area contributed by atoms with Crippen molar-refractivity contribution < 1.29 is 17.6 Å². The zero-order valence-electron chi connectivity index (χ0n) is 16.3. The number of azide groups is 1. The van der Waals surface area contributed by atoms with Gasteiger partial charge in [-0.15, -0.1) is 0 Å². The second kappa shape index (κ2) is 9.40. The molecular formula is C19H22FN5O3S. The van der Waals surface area contributed by atoms with Crippen molar-refractivity contribution in [3.05, 3.63) is 69.9 Å². The number of amides is 1. The molecule has 29 heavy (non-hydrogen) atoms. The van der Waals surface area contributed by atoms with Crippen molar-refractivity contribution in [1.29, 1.82) is 0 Å². The molecule has 2 rings (SSSR count). The molecule has 0 radical (unpaired) electrons. The van der Waals surface area contributed by atoms with Crippen molar-refractivity contribution in [3.8, 4) is 0 Å². The molecule has 154 valence electrons. The Bertz CT molecular complexity index is 1030. The molecule has 2 aromatic rings. The van der Waals surface area contributed by atoms with Crippen LogP contribution in [0.4, 0.5) is 15.8 Å². The van der Waals surface area contributed by atoms with Gasteiger partial charge in [0.25, 0.3) is 5.91 Å². The van der Waals surface area contributed by atoms with E-state index in [2.05, 4.69) is 15.3 Å². The first-order valence-electron chi connectivity index (χ1n) is 8.90. The summed E-state index contributed by atoms with van der Waals surface area (Å²) in [7, 11) is -3.59. The van der Waals surface area contributed by atoms with Gasteiger partial charge in [0.15, 0.2) is 0 Å². The summed E-state index contributed by atoms with van der Waals surface area (Å²) in [6, 6.07) is 9.53. The molecule has 2 aromatic carbocycles. The van der Waals surface area contributed by atoms with Crippen LogP contribution >= 0.6 is 0 Å². The van der Waals surface area contributed by atoms with Gasteiger partial charge < -0.3 is 5.32 Å². The van der Waals surface area contributed by atoms with Gasteiger partial charge in [-0.1, -0.05) is 24.2 Å². The Morgan fingerprint density at radius 3 is 2.48 bits per heavy atom. The lowest BCUT2D eigenvalue weighted by Gasteiger charge is -2.23. The highest BCUT2D eigenvalue weighted by Crippen LogP contribution is 2.27. The Morgan fingerprint density at radius 2 is 1.93 bits per heavy atom. The monoisotopic (exact) mass is 419 g/mol. The topological polar surface area (TPSA) is 115 Å². The van der Waals surface area contributed by atoms with Crippen molar-refractivity contribution >= 4 is 27.3 Å². The quantitative estimate of drug-likeness (QED) is 0.387. The van der Waals surface area contributed by atoms with Gasteiger partial charge in [-0.2, -0.15) is 0 Å². The van der Waals surface area contributed by atoms with Gasteiger partial charge in [0.05, 0.1) is 18.0 Å². The standard InChI is InChI=1S/C19H22FN5O3S/c1-4-9-25(29(3,27)28)18-11-15(10-17(12-18)23-24-21)19(26)22-13(2)14-5-7-16(20)8-6-14/h5-8,10-13H,4,9H2,1-3H3,(H,22,26)/t13-/m1/s1. The number of nitrogens with one attached hydrogen (secondary N) is 1. The Labute approximate surface area is 169 Å². The molecule has 8 nitrogen and oxygen atoms in total. The van der Waals surface area contributed by atoms with Crippen molar-refractivity contribution in [2.24, 2.45) is 5.11 Å². The Kier molecular flexibility index (Phi) is 7.19. The van der Waals surface area contributed by atoms with Crippen LogP contribution in [-0.4, -0.2) is 27.1 Å². The second-order valence-electron chi connectivity index (χ2n) is 6.51. The third kappa shape index (κ3) is 5.94. The lowest BCUT2D eigenvalue weighted by Crippen LogP contribution is -2.31. The molecule has 10 heteroatoms. The fraction of sp³-hybridized carbons (Fsp3) is 0.316. The van der Waals surface area contributed by atoms with Crippen LogP contribution < -0.4 is 9.62 Å². The number of rotatable bonds is 8. The highest BCUT2D eigenvalue weighted by atomic mass is 32.2. The van der Waals surface area contributed by atoms with E-state index in [-0.39, 0.29) is 29.3 Å². The fourth-order valence-corrected chi connectivity index (χ4v) is 3.79. The van der Waals surface area contributed by atoms with Crippen LogP contribution in [0.5, 0.6) is 0 Å². The van der Waals surface area contributed by atoms with Crippen LogP contribution in [-0.2, 0) is 10.0 Å². The molecule has 0 saturated carbocycles. The minimum absolute atomic E-state index is 0.120. The maximum atomic E-state index is 13.1. The number of nitrogens with zero attached hydrogens (tertiary/aromatic N) is 4. The van der Waals surface area contributed by atoms with Gasteiger partial charge in [-0.3, -0.25) is 9.10 Å². The predicted octanol–water partition coefficient (Wildman–Crippen LogP) is 4.43. The third-order valence-corrected chi connectivity index (χ3v) is 5.35. The van der Waals surface area contributed by atoms with Gasteiger partial charge in [0.2, 0.25) is 10.0 Å². The van der Waals surface area contributed by atoms with Crippen LogP contribution in [0.2, 0.25) is 0 Å². The summed E-state index contributed by atoms with van der Waals surface area (Å²) in [6.45, 7) is 3.78. The Balaban J connectivity index is 2.40. The highest BCUT2D eigenvalue weighted by molar-refractivity contribution is 7.92. The van der Waals surface area contributed by atoms with Gasteiger partial charge in [0, 0.05) is 22.7 Å². The summed E-state index contributed by atoms with van der Waals surface area (Å²) >= 11 is 0. The molecule has 0 unspecified atom stereocenters. The number of carbonyl (C=O) groups is 1. The van der Waals surface area contributed by atoms with Crippen LogP contribution in [0.25, 0.3) is 10.4 Å². The van der Waals surface area contributed by atoms with Gasteiger partial charge in [-0.05, 0) is 54.8 Å². The second-order valence-corrected chi connectivity index (χ2v) is 8.42. The molecule has 0 aliphatic rings. The predicted molar refractivity (Wildman–Crippen MR) is 110 cm³/mol. The van der Waals surface area contributed by atoms with E-state index < -0.39 is 22.0 Å².